The summed E-state index contributed by atoms with van der Waals surface area (Å²) in [5.74, 6) is 0.813. The van der Waals surface area contributed by atoms with Crippen LogP contribution in [0.2, 0.25) is 0 Å². The van der Waals surface area contributed by atoms with Gasteiger partial charge < -0.3 is 15.0 Å². The van der Waals surface area contributed by atoms with Gasteiger partial charge in [-0.1, -0.05) is 18.2 Å². The third kappa shape index (κ3) is 5.55. The number of amides is 2. The Labute approximate surface area is 149 Å². The smallest absolute Gasteiger partial charge is 0.317 e. The average Bonchev–Trinajstić information content (AvgIpc) is 2.90. The molecule has 0 radical (unpaired) electrons. The highest BCUT2D eigenvalue weighted by Gasteiger charge is 2.11. The second-order valence-electron chi connectivity index (χ2n) is 5.52. The van der Waals surface area contributed by atoms with E-state index in [0.29, 0.717) is 13.1 Å². The fraction of sp³-hybridized carbons (Fsp3) is 0.353. The van der Waals surface area contributed by atoms with Crippen molar-refractivity contribution >= 4 is 33.3 Å². The standard InChI is InChI=1S/C17H21BrN2O2S/c1-12(2)22-16-7-5-4-6-13(16)9-19-17(21)20(3)10-15-8-14(18)11-23-15/h4-8,11-12H,9-10H2,1-3H3,(H,19,21). The molecule has 0 saturated heterocycles. The van der Waals surface area contributed by atoms with E-state index in [0.717, 1.165) is 20.7 Å². The van der Waals surface area contributed by atoms with E-state index in [-0.39, 0.29) is 12.1 Å². The highest BCUT2D eigenvalue weighted by molar-refractivity contribution is 9.10. The SMILES string of the molecule is CC(C)Oc1ccccc1CNC(=O)N(C)Cc1cc(Br)cs1. The van der Waals surface area contributed by atoms with Gasteiger partial charge in [0.15, 0.2) is 0 Å². The molecule has 4 nitrogen and oxygen atoms in total. The molecule has 0 aliphatic rings. The van der Waals surface area contributed by atoms with Crippen LogP contribution in [-0.4, -0.2) is 24.1 Å². The molecular weight excluding hydrogens is 376 g/mol. The molecule has 124 valence electrons. The average molecular weight is 397 g/mol. The Morgan fingerprint density at radius 3 is 2.78 bits per heavy atom. The summed E-state index contributed by atoms with van der Waals surface area (Å²) in [6.45, 7) is 5.01. The van der Waals surface area contributed by atoms with Gasteiger partial charge in [-0.15, -0.1) is 11.3 Å². The number of hydrogen-bond donors (Lipinski definition) is 1. The lowest BCUT2D eigenvalue weighted by atomic mass is 10.2. The first-order valence-electron chi connectivity index (χ1n) is 7.42. The topological polar surface area (TPSA) is 41.6 Å². The lowest BCUT2D eigenvalue weighted by Gasteiger charge is -2.18. The van der Waals surface area contributed by atoms with Gasteiger partial charge in [-0.3, -0.25) is 0 Å². The molecule has 0 bridgehead atoms. The molecule has 0 aliphatic carbocycles. The zero-order chi connectivity index (χ0) is 16.8. The molecule has 1 heterocycles. The molecule has 23 heavy (non-hydrogen) atoms. The summed E-state index contributed by atoms with van der Waals surface area (Å²) in [6.07, 6.45) is 0.104. The van der Waals surface area contributed by atoms with Crippen LogP contribution in [0.4, 0.5) is 4.79 Å². The minimum Gasteiger partial charge on any atom is -0.491 e. The van der Waals surface area contributed by atoms with Crippen molar-refractivity contribution in [2.75, 3.05) is 7.05 Å². The molecule has 0 aliphatic heterocycles. The highest BCUT2D eigenvalue weighted by Crippen LogP contribution is 2.21. The zero-order valence-electron chi connectivity index (χ0n) is 13.5. The summed E-state index contributed by atoms with van der Waals surface area (Å²) in [4.78, 5) is 15.0. The molecule has 6 heteroatoms. The number of benzene rings is 1. The van der Waals surface area contributed by atoms with E-state index < -0.39 is 0 Å². The quantitative estimate of drug-likeness (QED) is 0.772. The van der Waals surface area contributed by atoms with E-state index in [4.69, 9.17) is 4.74 Å². The van der Waals surface area contributed by atoms with Gasteiger partial charge in [0.25, 0.3) is 0 Å². The van der Waals surface area contributed by atoms with Gasteiger partial charge in [-0.25, -0.2) is 4.79 Å². The van der Waals surface area contributed by atoms with Crippen molar-refractivity contribution in [3.8, 4) is 5.75 Å². The number of ether oxygens (including phenoxy) is 1. The molecule has 2 aromatic rings. The summed E-state index contributed by atoms with van der Waals surface area (Å²) in [5.41, 5.74) is 0.974. The van der Waals surface area contributed by atoms with Crippen LogP contribution in [0.15, 0.2) is 40.2 Å². The first-order valence-corrected chi connectivity index (χ1v) is 9.09. The van der Waals surface area contributed by atoms with Crippen molar-refractivity contribution in [3.05, 3.63) is 50.6 Å². The first kappa shape index (κ1) is 17.8. The number of carbonyl (C=O) groups excluding carboxylic acids is 1. The molecule has 0 saturated carbocycles. The molecule has 2 amide bonds. The molecular formula is C17H21BrN2O2S. The number of halogens is 1. The maximum atomic E-state index is 12.2. The van der Waals surface area contributed by atoms with Crippen LogP contribution < -0.4 is 10.1 Å². The lowest BCUT2D eigenvalue weighted by molar-refractivity contribution is 0.206. The van der Waals surface area contributed by atoms with Gasteiger partial charge in [0.2, 0.25) is 0 Å². The van der Waals surface area contributed by atoms with Crippen molar-refractivity contribution in [2.24, 2.45) is 0 Å². The molecule has 2 rings (SSSR count). The van der Waals surface area contributed by atoms with E-state index in [1.54, 1.807) is 23.3 Å². The summed E-state index contributed by atoms with van der Waals surface area (Å²) in [7, 11) is 1.79. The van der Waals surface area contributed by atoms with Crippen LogP contribution in [0.25, 0.3) is 0 Å². The monoisotopic (exact) mass is 396 g/mol. The molecule has 1 aromatic heterocycles. The summed E-state index contributed by atoms with van der Waals surface area (Å²) in [5, 5.41) is 4.95. The first-order chi connectivity index (χ1) is 11.0. The Hall–Kier alpha value is -1.53. The maximum Gasteiger partial charge on any atom is 0.317 e. The van der Waals surface area contributed by atoms with Crippen molar-refractivity contribution in [1.82, 2.24) is 10.2 Å². The fourth-order valence-corrected chi connectivity index (χ4v) is 3.57. The Kier molecular flexibility index (Phi) is 6.47. The number of urea groups is 1. The second-order valence-corrected chi connectivity index (χ2v) is 7.43. The molecule has 1 N–H and O–H groups in total. The van der Waals surface area contributed by atoms with Gasteiger partial charge in [0.05, 0.1) is 12.6 Å². The number of thiophene rings is 1. The van der Waals surface area contributed by atoms with Crippen molar-refractivity contribution in [3.63, 3.8) is 0 Å². The normalized spacial score (nSPS) is 10.7. The third-order valence-corrected chi connectivity index (χ3v) is 4.81. The Morgan fingerprint density at radius 1 is 1.39 bits per heavy atom. The van der Waals surface area contributed by atoms with E-state index >= 15 is 0 Å². The fourth-order valence-electron chi connectivity index (χ4n) is 2.07. The highest BCUT2D eigenvalue weighted by atomic mass is 79.9. The molecule has 0 unspecified atom stereocenters. The summed E-state index contributed by atoms with van der Waals surface area (Å²) < 4.78 is 6.82. The number of para-hydroxylation sites is 1. The van der Waals surface area contributed by atoms with E-state index in [1.807, 2.05) is 49.6 Å². The molecule has 0 fully saturated rings. The molecule has 0 atom stereocenters. The van der Waals surface area contributed by atoms with E-state index in [2.05, 4.69) is 21.2 Å². The lowest BCUT2D eigenvalue weighted by Crippen LogP contribution is -2.36. The van der Waals surface area contributed by atoms with Crippen LogP contribution in [0.3, 0.4) is 0 Å². The zero-order valence-corrected chi connectivity index (χ0v) is 15.9. The van der Waals surface area contributed by atoms with Gasteiger partial charge in [-0.05, 0) is 41.9 Å². The van der Waals surface area contributed by atoms with Crippen molar-refractivity contribution in [1.29, 1.82) is 0 Å². The molecule has 1 aromatic carbocycles. The van der Waals surface area contributed by atoms with Crippen molar-refractivity contribution < 1.29 is 9.53 Å². The van der Waals surface area contributed by atoms with Crippen LogP contribution in [-0.2, 0) is 13.1 Å². The van der Waals surface area contributed by atoms with Gasteiger partial charge in [0, 0.05) is 33.9 Å². The Bertz CT molecular complexity index is 658. The Morgan fingerprint density at radius 2 is 2.13 bits per heavy atom. The second kappa shape index (κ2) is 8.36. The summed E-state index contributed by atoms with van der Waals surface area (Å²) in [6, 6.07) is 9.70. The number of carbonyl (C=O) groups is 1. The van der Waals surface area contributed by atoms with Crippen molar-refractivity contribution in [2.45, 2.75) is 33.0 Å². The van der Waals surface area contributed by atoms with Gasteiger partial charge in [-0.2, -0.15) is 0 Å². The number of hydrogen-bond acceptors (Lipinski definition) is 3. The van der Waals surface area contributed by atoms with Gasteiger partial charge in [0.1, 0.15) is 5.75 Å². The minimum atomic E-state index is -0.103. The largest absolute Gasteiger partial charge is 0.491 e. The van der Waals surface area contributed by atoms with E-state index in [9.17, 15) is 4.79 Å². The Balaban J connectivity index is 1.91. The molecule has 0 spiro atoms. The van der Waals surface area contributed by atoms with Crippen LogP contribution in [0.5, 0.6) is 5.75 Å². The summed E-state index contributed by atoms with van der Waals surface area (Å²) >= 11 is 5.06. The minimum absolute atomic E-state index is 0.103. The predicted molar refractivity (Wildman–Crippen MR) is 97.9 cm³/mol. The number of nitrogens with zero attached hydrogens (tertiary/aromatic N) is 1. The van der Waals surface area contributed by atoms with Crippen LogP contribution >= 0.6 is 27.3 Å². The predicted octanol–water partition coefficient (Wildman–Crippen LogP) is 4.64. The number of nitrogens with one attached hydrogen (secondary N) is 1. The van der Waals surface area contributed by atoms with Crippen LogP contribution in [0, 0.1) is 0 Å². The van der Waals surface area contributed by atoms with Crippen LogP contribution in [0.1, 0.15) is 24.3 Å². The van der Waals surface area contributed by atoms with Gasteiger partial charge >= 0.3 is 6.03 Å². The third-order valence-electron chi connectivity index (χ3n) is 3.13. The number of rotatable bonds is 6. The maximum absolute atomic E-state index is 12.2. The van der Waals surface area contributed by atoms with E-state index in [1.165, 1.54) is 0 Å².